The first kappa shape index (κ1) is 18.1. The summed E-state index contributed by atoms with van der Waals surface area (Å²) in [6.07, 6.45) is -3.52. The van der Waals surface area contributed by atoms with Gasteiger partial charge in [0.05, 0.1) is 5.25 Å². The number of nitrogens with zero attached hydrogens (tertiary/aromatic N) is 1. The number of aliphatic carboxylic acids is 1. The van der Waals surface area contributed by atoms with E-state index in [-0.39, 0.29) is 6.54 Å². The number of amides is 1. The van der Waals surface area contributed by atoms with Gasteiger partial charge in [-0.25, -0.2) is 0 Å². The molecule has 1 amide bonds. The first-order valence-electron chi connectivity index (χ1n) is 6.86. The molecule has 1 rings (SSSR count). The molecule has 0 bridgehead atoms. The van der Waals surface area contributed by atoms with Crippen LogP contribution in [-0.4, -0.2) is 52.2 Å². The summed E-state index contributed by atoms with van der Waals surface area (Å²) >= 11 is 1.39. The number of halogens is 3. The van der Waals surface area contributed by atoms with E-state index < -0.39 is 41.7 Å². The largest absolute Gasteiger partial charge is 0.481 e. The monoisotopic (exact) mass is 327 g/mol. The molecule has 1 fully saturated rings. The number of hydrogen-bond acceptors (Lipinski definition) is 3. The number of carboxylic acid groups (broad SMARTS) is 1. The Morgan fingerprint density at radius 2 is 2.05 bits per heavy atom. The molecule has 0 aromatic heterocycles. The number of likely N-dealkylation sites (tertiary alicyclic amines) is 1. The van der Waals surface area contributed by atoms with E-state index in [0.717, 1.165) is 23.5 Å². The zero-order chi connectivity index (χ0) is 16.3. The number of carbonyl (C=O) groups excluding carboxylic acids is 1. The van der Waals surface area contributed by atoms with E-state index in [2.05, 4.69) is 0 Å². The van der Waals surface area contributed by atoms with Crippen molar-refractivity contribution in [3.8, 4) is 0 Å². The first-order valence-corrected chi connectivity index (χ1v) is 7.91. The topological polar surface area (TPSA) is 57.6 Å². The van der Waals surface area contributed by atoms with Crippen LogP contribution in [0, 0.1) is 5.41 Å². The average molecular weight is 327 g/mol. The molecule has 1 aliphatic heterocycles. The summed E-state index contributed by atoms with van der Waals surface area (Å²) in [5.74, 6) is -1.55. The van der Waals surface area contributed by atoms with Crippen molar-refractivity contribution in [1.82, 2.24) is 4.90 Å². The quantitative estimate of drug-likeness (QED) is 0.762. The molecule has 2 unspecified atom stereocenters. The molecule has 21 heavy (non-hydrogen) atoms. The Labute approximate surface area is 126 Å². The molecule has 0 aromatic carbocycles. The summed E-state index contributed by atoms with van der Waals surface area (Å²) in [5.41, 5.74) is -2.82. The number of alkyl halides is 3. The molecular weight excluding hydrogens is 307 g/mol. The van der Waals surface area contributed by atoms with E-state index >= 15 is 0 Å². The fourth-order valence-corrected chi connectivity index (χ4v) is 3.36. The number of rotatable bonds is 6. The second-order valence-electron chi connectivity index (χ2n) is 5.26. The van der Waals surface area contributed by atoms with Gasteiger partial charge in [0, 0.05) is 13.1 Å². The van der Waals surface area contributed by atoms with E-state index in [4.69, 9.17) is 5.11 Å². The summed E-state index contributed by atoms with van der Waals surface area (Å²) in [5, 5.41) is 8.50. The van der Waals surface area contributed by atoms with Gasteiger partial charge in [-0.2, -0.15) is 13.2 Å². The summed E-state index contributed by atoms with van der Waals surface area (Å²) in [6, 6.07) is 0. The predicted molar refractivity (Wildman–Crippen MR) is 74.1 cm³/mol. The lowest BCUT2D eigenvalue weighted by molar-refractivity contribution is -0.227. The second kappa shape index (κ2) is 6.89. The Kier molecular flexibility index (Phi) is 5.95. The van der Waals surface area contributed by atoms with Crippen LogP contribution in [-0.2, 0) is 9.59 Å². The van der Waals surface area contributed by atoms with Crippen LogP contribution in [0.2, 0.25) is 0 Å². The summed E-state index contributed by atoms with van der Waals surface area (Å²) in [6.45, 7) is 2.71. The lowest BCUT2D eigenvalue weighted by Gasteiger charge is -2.28. The second-order valence-corrected chi connectivity index (χ2v) is 6.71. The molecule has 0 aromatic rings. The van der Waals surface area contributed by atoms with Crippen molar-refractivity contribution < 1.29 is 27.9 Å². The van der Waals surface area contributed by atoms with Crippen molar-refractivity contribution >= 4 is 23.6 Å². The molecule has 0 spiro atoms. The smallest absolute Gasteiger partial charge is 0.406 e. The third kappa shape index (κ3) is 3.84. The van der Waals surface area contributed by atoms with Crippen LogP contribution in [0.4, 0.5) is 13.2 Å². The molecular formula is C13H20F3NO3S. The Morgan fingerprint density at radius 1 is 1.43 bits per heavy atom. The third-order valence-electron chi connectivity index (χ3n) is 3.75. The molecule has 1 saturated heterocycles. The maximum Gasteiger partial charge on any atom is 0.406 e. The van der Waals surface area contributed by atoms with E-state index in [9.17, 15) is 22.8 Å². The summed E-state index contributed by atoms with van der Waals surface area (Å²) in [4.78, 5) is 24.2. The normalized spacial score (nSPS) is 24.1. The van der Waals surface area contributed by atoms with E-state index in [1.807, 2.05) is 6.92 Å². The summed E-state index contributed by atoms with van der Waals surface area (Å²) < 4.78 is 39.1. The van der Waals surface area contributed by atoms with Crippen LogP contribution in [0.25, 0.3) is 0 Å². The lowest BCUT2D eigenvalue weighted by Crippen LogP contribution is -2.48. The van der Waals surface area contributed by atoms with E-state index in [1.54, 1.807) is 6.92 Å². The average Bonchev–Trinajstić information content (AvgIpc) is 2.83. The number of carbonyl (C=O) groups is 2. The number of hydrogen-bond donors (Lipinski definition) is 1. The molecule has 1 heterocycles. The number of carboxylic acids is 1. The molecule has 0 saturated carbocycles. The van der Waals surface area contributed by atoms with Gasteiger partial charge in [0.2, 0.25) is 5.91 Å². The Balaban J connectivity index is 2.72. The maximum absolute atomic E-state index is 13.0. The van der Waals surface area contributed by atoms with Gasteiger partial charge in [-0.1, -0.05) is 13.3 Å². The summed E-state index contributed by atoms with van der Waals surface area (Å²) in [7, 11) is 0. The molecule has 2 atom stereocenters. The molecule has 122 valence electrons. The Morgan fingerprint density at radius 3 is 2.48 bits per heavy atom. The number of thioether (sulfide) groups is 1. The van der Waals surface area contributed by atoms with Gasteiger partial charge < -0.3 is 10.0 Å². The van der Waals surface area contributed by atoms with Crippen molar-refractivity contribution in [3.63, 3.8) is 0 Å². The third-order valence-corrected chi connectivity index (χ3v) is 4.97. The van der Waals surface area contributed by atoms with Crippen molar-refractivity contribution in [2.75, 3.05) is 18.8 Å². The zero-order valence-corrected chi connectivity index (χ0v) is 12.9. The van der Waals surface area contributed by atoms with Crippen LogP contribution in [0.1, 0.15) is 33.1 Å². The minimum absolute atomic E-state index is 0.163. The van der Waals surface area contributed by atoms with Crippen molar-refractivity contribution in [2.45, 2.75) is 44.5 Å². The maximum atomic E-state index is 13.0. The van der Waals surface area contributed by atoms with Gasteiger partial charge in [-0.05, 0) is 25.5 Å². The van der Waals surface area contributed by atoms with Crippen molar-refractivity contribution in [3.05, 3.63) is 0 Å². The predicted octanol–water partition coefficient (Wildman–Crippen LogP) is 2.77. The van der Waals surface area contributed by atoms with Crippen LogP contribution in [0.15, 0.2) is 0 Å². The molecule has 0 radical (unpaired) electrons. The highest BCUT2D eigenvalue weighted by Gasteiger charge is 2.64. The highest BCUT2D eigenvalue weighted by molar-refractivity contribution is 8.00. The highest BCUT2D eigenvalue weighted by Crippen LogP contribution is 2.46. The molecule has 1 N–H and O–H groups in total. The molecule has 1 aliphatic rings. The van der Waals surface area contributed by atoms with Gasteiger partial charge in [0.25, 0.3) is 0 Å². The Bertz CT molecular complexity index is 403. The highest BCUT2D eigenvalue weighted by atomic mass is 32.2. The van der Waals surface area contributed by atoms with Gasteiger partial charge in [0.1, 0.15) is 0 Å². The van der Waals surface area contributed by atoms with Crippen molar-refractivity contribution in [1.29, 1.82) is 0 Å². The van der Waals surface area contributed by atoms with Gasteiger partial charge in [-0.15, -0.1) is 11.8 Å². The standard InChI is InChI=1S/C13H20F3NO3S/c1-3-4-7-21-9(2)10(18)17-6-5-12(8-17,11(19)20)13(14,15)16/h9H,3-8H2,1-2H3,(H,19,20). The molecule has 4 nitrogen and oxygen atoms in total. The zero-order valence-electron chi connectivity index (χ0n) is 12.1. The number of unbranched alkanes of at least 4 members (excludes halogenated alkanes) is 1. The Hall–Kier alpha value is -0.920. The molecule has 0 aliphatic carbocycles. The van der Waals surface area contributed by atoms with Gasteiger partial charge in [0.15, 0.2) is 5.41 Å². The SMILES string of the molecule is CCCCSC(C)C(=O)N1CCC(C(=O)O)(C(F)(F)F)C1. The minimum Gasteiger partial charge on any atom is -0.481 e. The van der Waals surface area contributed by atoms with E-state index in [0.29, 0.717) is 0 Å². The van der Waals surface area contributed by atoms with E-state index in [1.165, 1.54) is 11.8 Å². The van der Waals surface area contributed by atoms with Crippen molar-refractivity contribution in [2.24, 2.45) is 5.41 Å². The molecule has 8 heteroatoms. The van der Waals surface area contributed by atoms with Crippen LogP contribution < -0.4 is 0 Å². The first-order chi connectivity index (χ1) is 9.65. The van der Waals surface area contributed by atoms with Crippen LogP contribution in [0.3, 0.4) is 0 Å². The minimum atomic E-state index is -4.85. The fourth-order valence-electron chi connectivity index (χ4n) is 2.26. The van der Waals surface area contributed by atoms with Gasteiger partial charge in [-0.3, -0.25) is 9.59 Å². The van der Waals surface area contributed by atoms with Crippen LogP contribution in [0.5, 0.6) is 0 Å². The van der Waals surface area contributed by atoms with Gasteiger partial charge >= 0.3 is 12.1 Å². The lowest BCUT2D eigenvalue weighted by atomic mass is 9.86. The fraction of sp³-hybridized carbons (Fsp3) is 0.846. The van der Waals surface area contributed by atoms with Crippen LogP contribution >= 0.6 is 11.8 Å².